The minimum absolute atomic E-state index is 0.0228. The highest BCUT2D eigenvalue weighted by atomic mass is 19.4. The molecular formula is C9H14F3N3. The molecule has 0 aliphatic carbocycles. The lowest BCUT2D eigenvalue weighted by molar-refractivity contribution is -0.144. The molecule has 0 aliphatic rings. The molecule has 6 heteroatoms. The number of alkyl halides is 3. The van der Waals surface area contributed by atoms with E-state index in [0.717, 1.165) is 10.7 Å². The maximum Gasteiger partial charge on any atom is 0.433 e. The van der Waals surface area contributed by atoms with E-state index in [1.165, 1.54) is 0 Å². The number of nitrogens with two attached hydrogens (primary N) is 1. The van der Waals surface area contributed by atoms with Crippen LogP contribution < -0.4 is 5.73 Å². The van der Waals surface area contributed by atoms with Gasteiger partial charge in [-0.3, -0.25) is 4.68 Å². The third-order valence-corrected chi connectivity index (χ3v) is 2.08. The van der Waals surface area contributed by atoms with E-state index < -0.39 is 11.9 Å². The van der Waals surface area contributed by atoms with E-state index in [1.54, 1.807) is 13.8 Å². The summed E-state index contributed by atoms with van der Waals surface area (Å²) in [5.74, 6) is -0.0228. The Morgan fingerprint density at radius 2 is 2.13 bits per heavy atom. The first-order chi connectivity index (χ1) is 6.84. The molecular weight excluding hydrogens is 207 g/mol. The Hall–Kier alpha value is -1.04. The molecule has 0 aliphatic heterocycles. The third-order valence-electron chi connectivity index (χ3n) is 2.08. The summed E-state index contributed by atoms with van der Waals surface area (Å²) in [5, 5.41) is 3.81. The molecule has 1 heterocycles. The van der Waals surface area contributed by atoms with Crippen molar-refractivity contribution in [2.75, 3.05) is 6.54 Å². The van der Waals surface area contributed by atoms with Crippen LogP contribution in [0.5, 0.6) is 0 Å². The average Bonchev–Trinajstić information content (AvgIpc) is 2.45. The molecule has 0 amide bonds. The highest BCUT2D eigenvalue weighted by Crippen LogP contribution is 2.29. The van der Waals surface area contributed by atoms with E-state index in [-0.39, 0.29) is 12.5 Å². The van der Waals surface area contributed by atoms with Gasteiger partial charge in [0.25, 0.3) is 0 Å². The molecule has 0 radical (unpaired) electrons. The number of nitrogens with zero attached hydrogens (tertiary/aromatic N) is 2. The second-order valence-corrected chi connectivity index (χ2v) is 3.69. The predicted molar refractivity (Wildman–Crippen MR) is 50.2 cm³/mol. The fraction of sp³-hybridized carbons (Fsp3) is 0.667. The fourth-order valence-corrected chi connectivity index (χ4v) is 1.28. The van der Waals surface area contributed by atoms with Crippen LogP contribution in [-0.4, -0.2) is 16.3 Å². The molecule has 0 spiro atoms. The maximum absolute atomic E-state index is 12.5. The van der Waals surface area contributed by atoms with Crippen molar-refractivity contribution >= 4 is 0 Å². The number of aromatic nitrogens is 2. The lowest BCUT2D eigenvalue weighted by atomic mass is 10.2. The Morgan fingerprint density at radius 3 is 2.60 bits per heavy atom. The highest BCUT2D eigenvalue weighted by molar-refractivity contribution is 5.12. The lowest BCUT2D eigenvalue weighted by Crippen LogP contribution is -2.22. The molecule has 1 aromatic rings. The van der Waals surface area contributed by atoms with E-state index in [2.05, 4.69) is 5.10 Å². The minimum atomic E-state index is -4.35. The molecule has 2 N–H and O–H groups in total. The van der Waals surface area contributed by atoms with Crippen molar-refractivity contribution in [3.8, 4) is 0 Å². The maximum atomic E-state index is 12.5. The zero-order valence-corrected chi connectivity index (χ0v) is 8.67. The van der Waals surface area contributed by atoms with E-state index in [9.17, 15) is 13.2 Å². The molecule has 0 bridgehead atoms. The molecule has 1 atom stereocenters. The molecule has 86 valence electrons. The summed E-state index contributed by atoms with van der Waals surface area (Å²) < 4.78 is 38.6. The summed E-state index contributed by atoms with van der Waals surface area (Å²) in [6.07, 6.45) is -4.35. The van der Waals surface area contributed by atoms with Gasteiger partial charge in [-0.1, -0.05) is 6.92 Å². The van der Waals surface area contributed by atoms with E-state index >= 15 is 0 Å². The summed E-state index contributed by atoms with van der Waals surface area (Å²) in [4.78, 5) is 0. The van der Waals surface area contributed by atoms with Crippen molar-refractivity contribution in [1.82, 2.24) is 9.78 Å². The standard InChI is InChI=1S/C9H14F3N3/c1-6(4-13)5-15-8(9(10,11)12)3-7(2)14-15/h3,6H,4-5,13H2,1-2H3. The van der Waals surface area contributed by atoms with Gasteiger partial charge in [-0.15, -0.1) is 0 Å². The van der Waals surface area contributed by atoms with Gasteiger partial charge in [-0.25, -0.2) is 0 Å². The van der Waals surface area contributed by atoms with Crippen molar-refractivity contribution in [2.24, 2.45) is 11.7 Å². The molecule has 0 fully saturated rings. The zero-order valence-electron chi connectivity index (χ0n) is 8.67. The average molecular weight is 221 g/mol. The zero-order chi connectivity index (χ0) is 11.6. The number of halogens is 3. The second-order valence-electron chi connectivity index (χ2n) is 3.69. The van der Waals surface area contributed by atoms with Gasteiger partial charge in [0.05, 0.1) is 5.69 Å². The first kappa shape index (κ1) is 12.0. The van der Waals surface area contributed by atoms with Crippen LogP contribution in [0.15, 0.2) is 6.07 Å². The molecule has 0 saturated carbocycles. The van der Waals surface area contributed by atoms with E-state index in [1.807, 2.05) is 0 Å². The minimum Gasteiger partial charge on any atom is -0.330 e. The van der Waals surface area contributed by atoms with Crippen LogP contribution in [0.1, 0.15) is 18.3 Å². The molecule has 0 aromatic carbocycles. The summed E-state index contributed by atoms with van der Waals surface area (Å²) in [6, 6.07) is 1.04. The van der Waals surface area contributed by atoms with E-state index in [4.69, 9.17) is 5.73 Å². The number of rotatable bonds is 3. The first-order valence-corrected chi connectivity index (χ1v) is 4.66. The molecule has 3 nitrogen and oxygen atoms in total. The van der Waals surface area contributed by atoms with Crippen molar-refractivity contribution in [2.45, 2.75) is 26.6 Å². The van der Waals surface area contributed by atoms with Crippen LogP contribution in [0, 0.1) is 12.8 Å². The normalized spacial score (nSPS) is 14.3. The number of aryl methyl sites for hydroxylation is 1. The van der Waals surface area contributed by atoms with Crippen molar-refractivity contribution in [3.63, 3.8) is 0 Å². The third kappa shape index (κ3) is 2.95. The smallest absolute Gasteiger partial charge is 0.330 e. The summed E-state index contributed by atoms with van der Waals surface area (Å²) >= 11 is 0. The van der Waals surface area contributed by atoms with Crippen molar-refractivity contribution in [3.05, 3.63) is 17.5 Å². The monoisotopic (exact) mass is 221 g/mol. The topological polar surface area (TPSA) is 43.8 Å². The number of hydrogen-bond acceptors (Lipinski definition) is 2. The van der Waals surface area contributed by atoms with Gasteiger partial charge in [0.1, 0.15) is 5.69 Å². The second kappa shape index (κ2) is 4.22. The predicted octanol–water partition coefficient (Wildman–Crippen LogP) is 1.81. The largest absolute Gasteiger partial charge is 0.433 e. The lowest BCUT2D eigenvalue weighted by Gasteiger charge is -2.13. The molecule has 1 unspecified atom stereocenters. The Morgan fingerprint density at radius 1 is 1.53 bits per heavy atom. The van der Waals surface area contributed by atoms with E-state index in [0.29, 0.717) is 12.2 Å². The van der Waals surface area contributed by atoms with Crippen LogP contribution in [0.4, 0.5) is 13.2 Å². The first-order valence-electron chi connectivity index (χ1n) is 4.66. The van der Waals surface area contributed by atoms with Crippen LogP contribution in [0.2, 0.25) is 0 Å². The van der Waals surface area contributed by atoms with Gasteiger partial charge in [-0.05, 0) is 25.5 Å². The Balaban J connectivity index is 2.96. The molecule has 1 aromatic heterocycles. The molecule has 1 rings (SSSR count). The Labute approximate surface area is 86.1 Å². The van der Waals surface area contributed by atoms with Gasteiger partial charge in [0.2, 0.25) is 0 Å². The molecule has 15 heavy (non-hydrogen) atoms. The van der Waals surface area contributed by atoms with Crippen LogP contribution >= 0.6 is 0 Å². The van der Waals surface area contributed by atoms with Crippen LogP contribution in [-0.2, 0) is 12.7 Å². The highest BCUT2D eigenvalue weighted by Gasteiger charge is 2.35. The summed E-state index contributed by atoms with van der Waals surface area (Å²) in [7, 11) is 0. The van der Waals surface area contributed by atoms with Crippen molar-refractivity contribution < 1.29 is 13.2 Å². The Kier molecular flexibility index (Phi) is 3.38. The van der Waals surface area contributed by atoms with Crippen LogP contribution in [0.25, 0.3) is 0 Å². The Bertz CT molecular complexity index is 330. The summed E-state index contributed by atoms with van der Waals surface area (Å²) in [6.45, 7) is 3.87. The fourth-order valence-electron chi connectivity index (χ4n) is 1.28. The quantitative estimate of drug-likeness (QED) is 0.845. The van der Waals surface area contributed by atoms with Gasteiger partial charge in [-0.2, -0.15) is 18.3 Å². The SMILES string of the molecule is Cc1cc(C(F)(F)F)n(CC(C)CN)n1. The molecule has 0 saturated heterocycles. The van der Waals surface area contributed by atoms with Gasteiger partial charge >= 0.3 is 6.18 Å². The number of hydrogen-bond donors (Lipinski definition) is 1. The van der Waals surface area contributed by atoms with Gasteiger partial charge < -0.3 is 5.73 Å². The van der Waals surface area contributed by atoms with Gasteiger partial charge in [0, 0.05) is 6.54 Å². The van der Waals surface area contributed by atoms with Crippen molar-refractivity contribution in [1.29, 1.82) is 0 Å². The summed E-state index contributed by atoms with van der Waals surface area (Å²) in [5.41, 5.74) is 5.02. The van der Waals surface area contributed by atoms with Crippen LogP contribution in [0.3, 0.4) is 0 Å². The van der Waals surface area contributed by atoms with Gasteiger partial charge in [0.15, 0.2) is 0 Å².